The normalized spacial score (nSPS) is 15.8. The Balaban J connectivity index is 0.00000200. The van der Waals surface area contributed by atoms with Crippen molar-refractivity contribution >= 4 is 40.9 Å². The minimum absolute atomic E-state index is 0. The van der Waals surface area contributed by atoms with E-state index in [1.165, 1.54) is 3.57 Å². The molecule has 3 nitrogen and oxygen atoms in total. The summed E-state index contributed by atoms with van der Waals surface area (Å²) in [6, 6.07) is 7.83. The van der Waals surface area contributed by atoms with Crippen LogP contribution in [0.15, 0.2) is 24.3 Å². The Morgan fingerprint density at radius 2 is 1.90 bits per heavy atom. The van der Waals surface area contributed by atoms with E-state index < -0.39 is 0 Å². The third-order valence-electron chi connectivity index (χ3n) is 3.68. The molecule has 1 aliphatic heterocycles. The van der Waals surface area contributed by atoms with Crippen molar-refractivity contribution in [2.45, 2.75) is 19.8 Å². The summed E-state index contributed by atoms with van der Waals surface area (Å²) in [6.45, 7) is 6.03. The molecule has 2 rings (SSSR count). The highest BCUT2D eigenvalue weighted by Gasteiger charge is 2.23. The number of carbonyl (C=O) groups excluding carboxylic acids is 1. The summed E-state index contributed by atoms with van der Waals surface area (Å²) < 4.78 is 1.17. The zero-order valence-corrected chi connectivity index (χ0v) is 14.7. The van der Waals surface area contributed by atoms with Gasteiger partial charge in [0.05, 0.1) is 0 Å². The molecule has 0 saturated carbocycles. The summed E-state index contributed by atoms with van der Waals surface area (Å²) in [5.74, 6) is 0.902. The van der Waals surface area contributed by atoms with Gasteiger partial charge >= 0.3 is 0 Å². The van der Waals surface area contributed by atoms with Crippen LogP contribution >= 0.6 is 35.0 Å². The van der Waals surface area contributed by atoms with Gasteiger partial charge in [0.2, 0.25) is 0 Å². The summed E-state index contributed by atoms with van der Waals surface area (Å²) in [5, 5.41) is 3.40. The SMILES string of the molecule is CCNCC1CCN(C(=O)c2ccc(I)cc2)CC1.Cl. The van der Waals surface area contributed by atoms with Gasteiger partial charge in [-0.1, -0.05) is 6.92 Å². The molecular weight excluding hydrogens is 387 g/mol. The fourth-order valence-corrected chi connectivity index (χ4v) is 2.82. The smallest absolute Gasteiger partial charge is 0.253 e. The maximum absolute atomic E-state index is 12.3. The van der Waals surface area contributed by atoms with Crippen molar-refractivity contribution in [2.24, 2.45) is 5.92 Å². The Morgan fingerprint density at radius 3 is 2.45 bits per heavy atom. The highest BCUT2D eigenvalue weighted by Crippen LogP contribution is 2.19. The highest BCUT2D eigenvalue weighted by molar-refractivity contribution is 14.1. The molecule has 1 aliphatic rings. The summed E-state index contributed by atoms with van der Waals surface area (Å²) in [6.07, 6.45) is 2.23. The van der Waals surface area contributed by atoms with Crippen molar-refractivity contribution in [3.05, 3.63) is 33.4 Å². The van der Waals surface area contributed by atoms with E-state index in [0.717, 1.165) is 50.5 Å². The lowest BCUT2D eigenvalue weighted by atomic mass is 9.96. The van der Waals surface area contributed by atoms with Crippen molar-refractivity contribution in [3.8, 4) is 0 Å². The summed E-state index contributed by atoms with van der Waals surface area (Å²) in [7, 11) is 0. The first-order chi connectivity index (χ1) is 9.20. The summed E-state index contributed by atoms with van der Waals surface area (Å²) in [5.41, 5.74) is 0.811. The number of amides is 1. The number of hydrogen-bond acceptors (Lipinski definition) is 2. The molecule has 1 N–H and O–H groups in total. The zero-order valence-electron chi connectivity index (χ0n) is 11.8. The Labute approximate surface area is 141 Å². The van der Waals surface area contributed by atoms with Crippen molar-refractivity contribution in [2.75, 3.05) is 26.2 Å². The number of hydrogen-bond donors (Lipinski definition) is 1. The van der Waals surface area contributed by atoms with E-state index in [2.05, 4.69) is 34.8 Å². The van der Waals surface area contributed by atoms with Crippen LogP contribution in [0.5, 0.6) is 0 Å². The third kappa shape index (κ3) is 4.90. The molecule has 0 radical (unpaired) electrons. The first kappa shape index (κ1) is 17.7. The molecule has 0 aromatic heterocycles. The van der Waals surface area contributed by atoms with Gasteiger partial charge in [0, 0.05) is 22.2 Å². The average Bonchev–Trinajstić information content (AvgIpc) is 2.46. The quantitative estimate of drug-likeness (QED) is 0.776. The number of carbonyl (C=O) groups is 1. The molecule has 5 heteroatoms. The second kappa shape index (κ2) is 8.85. The predicted octanol–water partition coefficient (Wildman–Crippen LogP) is 3.17. The molecule has 1 amide bonds. The molecule has 0 bridgehead atoms. The number of piperidine rings is 1. The van der Waals surface area contributed by atoms with Crippen LogP contribution in [0.25, 0.3) is 0 Å². The number of nitrogens with one attached hydrogen (secondary N) is 1. The molecule has 1 fully saturated rings. The van der Waals surface area contributed by atoms with Crippen LogP contribution in [0.3, 0.4) is 0 Å². The lowest BCUT2D eigenvalue weighted by molar-refractivity contribution is 0.0690. The van der Waals surface area contributed by atoms with Gasteiger partial charge < -0.3 is 10.2 Å². The molecule has 0 spiro atoms. The van der Waals surface area contributed by atoms with E-state index in [4.69, 9.17) is 0 Å². The molecule has 112 valence electrons. The molecule has 0 atom stereocenters. The maximum atomic E-state index is 12.3. The Bertz CT molecular complexity index is 416. The molecule has 20 heavy (non-hydrogen) atoms. The van der Waals surface area contributed by atoms with Crippen LogP contribution < -0.4 is 5.32 Å². The van der Waals surface area contributed by atoms with E-state index in [0.29, 0.717) is 0 Å². The van der Waals surface area contributed by atoms with Crippen LogP contribution in [0.1, 0.15) is 30.1 Å². The van der Waals surface area contributed by atoms with Crippen LogP contribution in [-0.4, -0.2) is 37.0 Å². The fourth-order valence-electron chi connectivity index (χ4n) is 2.46. The number of rotatable bonds is 4. The summed E-state index contributed by atoms with van der Waals surface area (Å²) in [4.78, 5) is 14.3. The molecule has 1 aromatic rings. The molecule has 0 aliphatic carbocycles. The van der Waals surface area contributed by atoms with Crippen LogP contribution in [0.4, 0.5) is 0 Å². The van der Waals surface area contributed by atoms with E-state index >= 15 is 0 Å². The van der Waals surface area contributed by atoms with Gasteiger partial charge in [-0.25, -0.2) is 0 Å². The second-order valence-electron chi connectivity index (χ2n) is 5.05. The van der Waals surface area contributed by atoms with Gasteiger partial charge in [-0.3, -0.25) is 4.79 Å². The number of benzene rings is 1. The highest BCUT2D eigenvalue weighted by atomic mass is 127. The molecule has 1 aromatic carbocycles. The Hall–Kier alpha value is -0.330. The average molecular weight is 409 g/mol. The summed E-state index contributed by atoms with van der Waals surface area (Å²) >= 11 is 2.26. The second-order valence-corrected chi connectivity index (χ2v) is 6.30. The van der Waals surface area contributed by atoms with Gasteiger partial charge in [0.25, 0.3) is 5.91 Å². The standard InChI is InChI=1S/C15H21IN2O.ClH/c1-2-17-11-12-7-9-18(10-8-12)15(19)13-3-5-14(16)6-4-13;/h3-6,12,17H,2,7-11H2,1H3;1H. The zero-order chi connectivity index (χ0) is 13.7. The van der Waals surface area contributed by atoms with Crippen LogP contribution in [0.2, 0.25) is 0 Å². The van der Waals surface area contributed by atoms with Gasteiger partial charge in [-0.2, -0.15) is 0 Å². The molecule has 1 heterocycles. The van der Waals surface area contributed by atoms with Gasteiger partial charge in [-0.15, -0.1) is 12.4 Å². The van der Waals surface area contributed by atoms with E-state index in [1.54, 1.807) is 0 Å². The largest absolute Gasteiger partial charge is 0.339 e. The van der Waals surface area contributed by atoms with E-state index in [9.17, 15) is 4.79 Å². The van der Waals surface area contributed by atoms with E-state index in [1.807, 2.05) is 29.2 Å². The van der Waals surface area contributed by atoms with Crippen LogP contribution in [-0.2, 0) is 0 Å². The molecule has 1 saturated heterocycles. The topological polar surface area (TPSA) is 32.3 Å². The number of halogens is 2. The fraction of sp³-hybridized carbons (Fsp3) is 0.533. The first-order valence-electron chi connectivity index (χ1n) is 6.96. The van der Waals surface area contributed by atoms with Gasteiger partial charge in [0.1, 0.15) is 0 Å². The molecule has 0 unspecified atom stereocenters. The first-order valence-corrected chi connectivity index (χ1v) is 8.04. The molecular formula is C15H22ClIN2O. The predicted molar refractivity (Wildman–Crippen MR) is 93.6 cm³/mol. The van der Waals surface area contributed by atoms with Crippen molar-refractivity contribution in [1.82, 2.24) is 10.2 Å². The third-order valence-corrected chi connectivity index (χ3v) is 4.40. The van der Waals surface area contributed by atoms with Crippen molar-refractivity contribution < 1.29 is 4.79 Å². The monoisotopic (exact) mass is 408 g/mol. The number of nitrogens with zero attached hydrogens (tertiary/aromatic N) is 1. The van der Waals surface area contributed by atoms with Gasteiger partial charge in [-0.05, 0) is 78.7 Å². The van der Waals surface area contributed by atoms with Crippen LogP contribution in [0, 0.1) is 9.49 Å². The number of likely N-dealkylation sites (tertiary alicyclic amines) is 1. The van der Waals surface area contributed by atoms with Crippen molar-refractivity contribution in [3.63, 3.8) is 0 Å². The lowest BCUT2D eigenvalue weighted by Gasteiger charge is -2.32. The van der Waals surface area contributed by atoms with E-state index in [-0.39, 0.29) is 18.3 Å². The maximum Gasteiger partial charge on any atom is 0.253 e. The lowest BCUT2D eigenvalue weighted by Crippen LogP contribution is -2.40. The minimum atomic E-state index is 0. The minimum Gasteiger partial charge on any atom is -0.339 e. The van der Waals surface area contributed by atoms with Crippen molar-refractivity contribution in [1.29, 1.82) is 0 Å². The Kier molecular flexibility index (Phi) is 7.84. The van der Waals surface area contributed by atoms with Gasteiger partial charge in [0.15, 0.2) is 0 Å². The Morgan fingerprint density at radius 1 is 1.30 bits per heavy atom.